The van der Waals surface area contributed by atoms with Crippen LogP contribution in [0.2, 0.25) is 0 Å². The maximum Gasteiger partial charge on any atom is 0.279 e. The summed E-state index contributed by atoms with van der Waals surface area (Å²) < 4.78 is 27.9. The molecule has 1 rings (SSSR count). The smallest absolute Gasteiger partial charge is 0.202 e. The molecule has 0 aromatic rings. The van der Waals surface area contributed by atoms with Crippen LogP contribution in [-0.4, -0.2) is 38.2 Å². The van der Waals surface area contributed by atoms with Gasteiger partial charge < -0.3 is 0 Å². The van der Waals surface area contributed by atoms with E-state index in [-0.39, 0.29) is 6.04 Å². The molecule has 0 aromatic heterocycles. The van der Waals surface area contributed by atoms with Gasteiger partial charge in [0.25, 0.3) is 10.2 Å². The molecule has 1 fully saturated rings. The number of nitrogens with zero attached hydrogens (tertiary/aromatic N) is 1. The summed E-state index contributed by atoms with van der Waals surface area (Å²) in [5.74, 6) is 1.48. The topological polar surface area (TPSA) is 49.4 Å². The zero-order valence-electron chi connectivity index (χ0n) is 10.8. The molecule has 1 saturated carbocycles. The third kappa shape index (κ3) is 4.09. The molecule has 1 N–H and O–H groups in total. The first-order valence-corrected chi connectivity index (χ1v) is 8.14. The second-order valence-corrected chi connectivity index (χ2v) is 7.19. The number of hydrogen-bond acceptors (Lipinski definition) is 2. The molecule has 1 aliphatic carbocycles. The van der Waals surface area contributed by atoms with Crippen molar-refractivity contribution in [1.82, 2.24) is 9.03 Å². The minimum atomic E-state index is -3.34. The van der Waals surface area contributed by atoms with Crippen LogP contribution in [0.1, 0.15) is 33.1 Å². The number of alkyl halides is 1. The SMILES string of the molecule is CC(C)N(C)S(=O)(=O)NCC1CCCC1CCl. The van der Waals surface area contributed by atoms with E-state index in [0.29, 0.717) is 24.3 Å². The summed E-state index contributed by atoms with van der Waals surface area (Å²) in [6.07, 6.45) is 3.35. The number of hydrogen-bond donors (Lipinski definition) is 1. The first kappa shape index (κ1) is 15.2. The van der Waals surface area contributed by atoms with Gasteiger partial charge in [0.2, 0.25) is 0 Å². The Kier molecular flexibility index (Phi) is 5.70. The molecule has 0 aromatic carbocycles. The van der Waals surface area contributed by atoms with Crippen LogP contribution >= 0.6 is 11.6 Å². The van der Waals surface area contributed by atoms with E-state index in [2.05, 4.69) is 4.72 Å². The molecule has 0 radical (unpaired) electrons. The molecule has 0 spiro atoms. The van der Waals surface area contributed by atoms with Gasteiger partial charge in [-0.15, -0.1) is 11.6 Å². The molecule has 4 nitrogen and oxygen atoms in total. The van der Waals surface area contributed by atoms with Gasteiger partial charge in [-0.25, -0.2) is 4.72 Å². The first-order valence-electron chi connectivity index (χ1n) is 6.17. The van der Waals surface area contributed by atoms with Crippen LogP contribution in [0.5, 0.6) is 0 Å². The summed E-state index contributed by atoms with van der Waals surface area (Å²) in [7, 11) is -1.74. The average Bonchev–Trinajstić information content (AvgIpc) is 2.72. The van der Waals surface area contributed by atoms with Crippen molar-refractivity contribution in [2.24, 2.45) is 11.8 Å². The number of halogens is 1. The van der Waals surface area contributed by atoms with E-state index in [1.807, 2.05) is 13.8 Å². The Morgan fingerprint density at radius 2 is 1.94 bits per heavy atom. The van der Waals surface area contributed by atoms with Gasteiger partial charge in [0.15, 0.2) is 0 Å². The van der Waals surface area contributed by atoms with E-state index in [1.165, 1.54) is 4.31 Å². The predicted molar refractivity (Wildman–Crippen MR) is 71.4 cm³/mol. The van der Waals surface area contributed by atoms with E-state index in [9.17, 15) is 8.42 Å². The Morgan fingerprint density at radius 3 is 2.47 bits per heavy atom. The highest BCUT2D eigenvalue weighted by molar-refractivity contribution is 7.87. The van der Waals surface area contributed by atoms with E-state index >= 15 is 0 Å². The van der Waals surface area contributed by atoms with Crippen molar-refractivity contribution < 1.29 is 8.42 Å². The molecule has 2 atom stereocenters. The van der Waals surface area contributed by atoms with Gasteiger partial charge in [-0.2, -0.15) is 12.7 Å². The second kappa shape index (κ2) is 6.36. The van der Waals surface area contributed by atoms with Crippen molar-refractivity contribution in [2.75, 3.05) is 19.5 Å². The Labute approximate surface area is 110 Å². The van der Waals surface area contributed by atoms with E-state index in [1.54, 1.807) is 7.05 Å². The van der Waals surface area contributed by atoms with Crippen LogP contribution in [0.25, 0.3) is 0 Å². The third-order valence-corrected chi connectivity index (χ3v) is 5.76. The van der Waals surface area contributed by atoms with Crippen LogP contribution in [0.4, 0.5) is 0 Å². The van der Waals surface area contributed by atoms with Crippen molar-refractivity contribution in [3.05, 3.63) is 0 Å². The summed E-state index contributed by atoms with van der Waals surface area (Å²) in [6.45, 7) is 4.23. The average molecular weight is 283 g/mol. The maximum atomic E-state index is 11.9. The van der Waals surface area contributed by atoms with Crippen LogP contribution in [0, 0.1) is 11.8 Å². The molecule has 0 aliphatic heterocycles. The molecule has 102 valence electrons. The van der Waals surface area contributed by atoms with Crippen LogP contribution < -0.4 is 4.72 Å². The lowest BCUT2D eigenvalue weighted by Gasteiger charge is -2.23. The van der Waals surface area contributed by atoms with Gasteiger partial charge in [-0.1, -0.05) is 6.42 Å². The van der Waals surface area contributed by atoms with Crippen molar-refractivity contribution in [3.63, 3.8) is 0 Å². The van der Waals surface area contributed by atoms with Gasteiger partial charge in [0, 0.05) is 25.5 Å². The number of nitrogens with one attached hydrogen (secondary N) is 1. The van der Waals surface area contributed by atoms with Crippen LogP contribution in [-0.2, 0) is 10.2 Å². The molecule has 17 heavy (non-hydrogen) atoms. The van der Waals surface area contributed by atoms with E-state index in [4.69, 9.17) is 11.6 Å². The van der Waals surface area contributed by atoms with Crippen molar-refractivity contribution in [2.45, 2.75) is 39.2 Å². The summed E-state index contributed by atoms with van der Waals surface area (Å²) >= 11 is 5.88. The highest BCUT2D eigenvalue weighted by Crippen LogP contribution is 2.32. The normalized spacial score (nSPS) is 26.0. The zero-order valence-corrected chi connectivity index (χ0v) is 12.4. The second-order valence-electron chi connectivity index (χ2n) is 5.07. The number of rotatable bonds is 6. The minimum Gasteiger partial charge on any atom is -0.202 e. The van der Waals surface area contributed by atoms with Gasteiger partial charge >= 0.3 is 0 Å². The first-order chi connectivity index (χ1) is 7.88. The van der Waals surface area contributed by atoms with Crippen molar-refractivity contribution in [1.29, 1.82) is 0 Å². The van der Waals surface area contributed by atoms with Gasteiger partial charge in [-0.3, -0.25) is 0 Å². The monoisotopic (exact) mass is 282 g/mol. The summed E-state index contributed by atoms with van der Waals surface area (Å²) in [5, 5.41) is 0. The third-order valence-electron chi connectivity index (χ3n) is 3.65. The van der Waals surface area contributed by atoms with E-state index < -0.39 is 10.2 Å². The lowest BCUT2D eigenvalue weighted by Crippen LogP contribution is -2.43. The molecule has 1 aliphatic rings. The largest absolute Gasteiger partial charge is 0.279 e. The molecule has 6 heteroatoms. The van der Waals surface area contributed by atoms with Crippen LogP contribution in [0.15, 0.2) is 0 Å². The predicted octanol–water partition coefficient (Wildman–Crippen LogP) is 1.82. The summed E-state index contributed by atoms with van der Waals surface area (Å²) in [5.41, 5.74) is 0. The quantitative estimate of drug-likeness (QED) is 0.756. The van der Waals surface area contributed by atoms with Gasteiger partial charge in [0.1, 0.15) is 0 Å². The molecular formula is C11H23ClN2O2S. The fraction of sp³-hybridized carbons (Fsp3) is 1.00. The highest BCUT2D eigenvalue weighted by Gasteiger charge is 2.28. The fourth-order valence-corrected chi connectivity index (χ4v) is 3.77. The fourth-order valence-electron chi connectivity index (χ4n) is 2.18. The Balaban J connectivity index is 2.50. The molecule has 0 amide bonds. The van der Waals surface area contributed by atoms with Crippen molar-refractivity contribution >= 4 is 21.8 Å². The molecular weight excluding hydrogens is 260 g/mol. The Hall–Kier alpha value is 0.160. The van der Waals surface area contributed by atoms with E-state index in [0.717, 1.165) is 19.3 Å². The molecule has 2 unspecified atom stereocenters. The van der Waals surface area contributed by atoms with Crippen molar-refractivity contribution in [3.8, 4) is 0 Å². The molecule has 0 bridgehead atoms. The Morgan fingerprint density at radius 1 is 1.35 bits per heavy atom. The zero-order chi connectivity index (χ0) is 13.1. The lowest BCUT2D eigenvalue weighted by molar-refractivity contribution is 0.382. The lowest BCUT2D eigenvalue weighted by atomic mass is 9.98. The summed E-state index contributed by atoms with van der Waals surface area (Å²) in [6, 6.07) is -0.0279. The van der Waals surface area contributed by atoms with Gasteiger partial charge in [-0.05, 0) is 38.5 Å². The highest BCUT2D eigenvalue weighted by atomic mass is 35.5. The minimum absolute atomic E-state index is 0.0279. The van der Waals surface area contributed by atoms with Crippen LogP contribution in [0.3, 0.4) is 0 Å². The Bertz CT molecular complexity index is 332. The maximum absolute atomic E-state index is 11.9. The molecule has 0 saturated heterocycles. The molecule has 0 heterocycles. The summed E-state index contributed by atoms with van der Waals surface area (Å²) in [4.78, 5) is 0. The standard InChI is InChI=1S/C11H23ClN2O2S/c1-9(2)14(3)17(15,16)13-8-11-6-4-5-10(11)7-12/h9-11,13H,4-8H2,1-3H3. The van der Waals surface area contributed by atoms with Gasteiger partial charge in [0.05, 0.1) is 0 Å².